The van der Waals surface area contributed by atoms with Crippen molar-refractivity contribution in [1.29, 1.82) is 0 Å². The zero-order valence-electron chi connectivity index (χ0n) is 18.2. The summed E-state index contributed by atoms with van der Waals surface area (Å²) in [4.78, 5) is 6.48. The molecule has 0 unspecified atom stereocenters. The molecule has 7 heteroatoms. The number of pyridine rings is 1. The van der Waals surface area contributed by atoms with Crippen molar-refractivity contribution >= 4 is 38.9 Å². The molecule has 0 saturated carbocycles. The first-order chi connectivity index (χ1) is 16.0. The van der Waals surface area contributed by atoms with Gasteiger partial charge in [0.15, 0.2) is 5.11 Å². The highest BCUT2D eigenvalue weighted by molar-refractivity contribution is 9.10. The Kier molecular flexibility index (Phi) is 5.76. The van der Waals surface area contributed by atoms with E-state index < -0.39 is 0 Å². The number of hydrogen-bond donors (Lipinski definition) is 1. The quantitative estimate of drug-likeness (QED) is 0.308. The number of halogens is 2. The molecule has 0 radical (unpaired) electrons. The monoisotopic (exact) mass is 520 g/mol. The van der Waals surface area contributed by atoms with Crippen LogP contribution in [0, 0.1) is 19.7 Å². The summed E-state index contributed by atoms with van der Waals surface area (Å²) in [5.41, 5.74) is 5.60. The molecule has 0 aliphatic carbocycles. The molecule has 33 heavy (non-hydrogen) atoms. The molecular weight excluding hydrogens is 499 g/mol. The molecule has 3 heterocycles. The van der Waals surface area contributed by atoms with Gasteiger partial charge in [0.1, 0.15) is 5.82 Å². The maximum atomic E-state index is 15.0. The van der Waals surface area contributed by atoms with Gasteiger partial charge in [-0.25, -0.2) is 4.39 Å². The van der Waals surface area contributed by atoms with Crippen molar-refractivity contribution in [2.24, 2.45) is 0 Å². The van der Waals surface area contributed by atoms with Crippen LogP contribution in [0.25, 0.3) is 5.69 Å². The number of nitrogens with zero attached hydrogens (tertiary/aromatic N) is 3. The fourth-order valence-corrected chi connectivity index (χ4v) is 5.40. The summed E-state index contributed by atoms with van der Waals surface area (Å²) in [5, 5.41) is 3.89. The lowest BCUT2D eigenvalue weighted by atomic mass is 9.96. The van der Waals surface area contributed by atoms with Crippen molar-refractivity contribution < 1.29 is 4.39 Å². The van der Waals surface area contributed by atoms with Crippen LogP contribution in [-0.4, -0.2) is 14.7 Å². The van der Waals surface area contributed by atoms with Gasteiger partial charge in [-0.05, 0) is 80.2 Å². The maximum Gasteiger partial charge on any atom is 0.174 e. The van der Waals surface area contributed by atoms with Crippen LogP contribution in [-0.2, 0) is 0 Å². The Labute approximate surface area is 206 Å². The maximum absolute atomic E-state index is 15.0. The molecule has 0 amide bonds. The number of benzene rings is 2. The summed E-state index contributed by atoms with van der Waals surface area (Å²) in [7, 11) is 0. The van der Waals surface area contributed by atoms with E-state index in [1.54, 1.807) is 18.3 Å². The Balaban J connectivity index is 1.70. The number of para-hydroxylation sites is 1. The lowest BCUT2D eigenvalue weighted by Crippen LogP contribution is -2.30. The van der Waals surface area contributed by atoms with Crippen LogP contribution in [0.15, 0.2) is 83.5 Å². The Morgan fingerprint density at radius 2 is 1.79 bits per heavy atom. The molecule has 1 saturated heterocycles. The van der Waals surface area contributed by atoms with Crippen LogP contribution in [0.2, 0.25) is 0 Å². The van der Waals surface area contributed by atoms with Crippen LogP contribution in [0.5, 0.6) is 0 Å². The molecule has 1 aliphatic rings. The van der Waals surface area contributed by atoms with Crippen molar-refractivity contribution in [2.75, 3.05) is 4.90 Å². The number of nitrogens with one attached hydrogen (secondary N) is 1. The van der Waals surface area contributed by atoms with Gasteiger partial charge >= 0.3 is 0 Å². The first-order valence-corrected chi connectivity index (χ1v) is 11.9. The molecule has 1 N–H and O–H groups in total. The second-order valence-electron chi connectivity index (χ2n) is 8.09. The summed E-state index contributed by atoms with van der Waals surface area (Å²) in [6.45, 7) is 4.18. The summed E-state index contributed by atoms with van der Waals surface area (Å²) < 4.78 is 18.2. The normalized spacial score (nSPS) is 17.9. The number of anilines is 1. The van der Waals surface area contributed by atoms with E-state index in [-0.39, 0.29) is 17.9 Å². The smallest absolute Gasteiger partial charge is 0.174 e. The lowest BCUT2D eigenvalue weighted by molar-refractivity contribution is 0.556. The zero-order chi connectivity index (χ0) is 23.1. The molecule has 1 fully saturated rings. The van der Waals surface area contributed by atoms with Crippen LogP contribution in [0.3, 0.4) is 0 Å². The molecule has 0 spiro atoms. The minimum Gasteiger partial charge on any atom is -0.351 e. The SMILES string of the molecule is Cc1cc([C@H]2[C@@H](c3ccccn3)NC(=S)N2c2ccccc2F)c(C)n1-c1cccc(Br)c1. The molecular formula is C26H22BrFN4S. The van der Waals surface area contributed by atoms with E-state index in [2.05, 4.69) is 62.8 Å². The Hall–Kier alpha value is -3.03. The summed E-state index contributed by atoms with van der Waals surface area (Å²) in [6, 6.07) is 22.5. The molecule has 0 bridgehead atoms. The molecule has 2 aromatic heterocycles. The predicted molar refractivity (Wildman–Crippen MR) is 137 cm³/mol. The van der Waals surface area contributed by atoms with Gasteiger partial charge < -0.3 is 14.8 Å². The van der Waals surface area contributed by atoms with E-state index in [0.29, 0.717) is 10.8 Å². The second-order valence-corrected chi connectivity index (χ2v) is 9.39. The van der Waals surface area contributed by atoms with Gasteiger partial charge in [0.25, 0.3) is 0 Å². The van der Waals surface area contributed by atoms with Gasteiger partial charge in [-0.1, -0.05) is 40.2 Å². The molecule has 2 atom stereocenters. The second kappa shape index (κ2) is 8.72. The van der Waals surface area contributed by atoms with E-state index in [1.165, 1.54) is 6.07 Å². The minimum atomic E-state index is -0.311. The van der Waals surface area contributed by atoms with Gasteiger partial charge in [-0.15, -0.1) is 0 Å². The van der Waals surface area contributed by atoms with E-state index in [4.69, 9.17) is 12.2 Å². The van der Waals surface area contributed by atoms with Crippen molar-refractivity contribution in [1.82, 2.24) is 14.9 Å². The average Bonchev–Trinajstić information content (AvgIpc) is 3.30. The Bertz CT molecular complexity index is 1340. The van der Waals surface area contributed by atoms with E-state index in [9.17, 15) is 4.39 Å². The van der Waals surface area contributed by atoms with E-state index >= 15 is 0 Å². The highest BCUT2D eigenvalue weighted by Crippen LogP contribution is 2.44. The predicted octanol–water partition coefficient (Wildman–Crippen LogP) is 6.57. The number of hydrogen-bond acceptors (Lipinski definition) is 2. The summed E-state index contributed by atoms with van der Waals surface area (Å²) in [6.07, 6.45) is 1.77. The largest absolute Gasteiger partial charge is 0.351 e. The van der Waals surface area contributed by atoms with Crippen molar-refractivity contribution in [2.45, 2.75) is 25.9 Å². The standard InChI is InChI=1S/C26H22BrFN4S/c1-16-14-20(17(2)31(16)19-9-7-8-18(27)15-19)25-24(22-11-5-6-13-29-22)30-26(33)32(25)23-12-4-3-10-21(23)28/h3-15,24-25H,1-2H3,(H,30,33)/t24-,25+/m1/s1. The first-order valence-electron chi connectivity index (χ1n) is 10.7. The third-order valence-corrected chi connectivity index (χ3v) is 6.87. The van der Waals surface area contributed by atoms with Crippen molar-refractivity contribution in [3.63, 3.8) is 0 Å². The first kappa shape index (κ1) is 21.8. The average molecular weight is 521 g/mol. The molecule has 5 rings (SSSR count). The Morgan fingerprint density at radius 1 is 1.00 bits per heavy atom. The van der Waals surface area contributed by atoms with Crippen LogP contribution in [0.4, 0.5) is 10.1 Å². The highest BCUT2D eigenvalue weighted by Gasteiger charge is 2.43. The van der Waals surface area contributed by atoms with Crippen LogP contribution < -0.4 is 10.2 Å². The van der Waals surface area contributed by atoms with Gasteiger partial charge in [-0.2, -0.15) is 0 Å². The highest BCUT2D eigenvalue weighted by atomic mass is 79.9. The molecule has 166 valence electrons. The molecule has 2 aromatic carbocycles. The fourth-order valence-electron chi connectivity index (χ4n) is 4.68. The van der Waals surface area contributed by atoms with Crippen molar-refractivity contribution in [3.8, 4) is 5.69 Å². The fraction of sp³-hybridized carbons (Fsp3) is 0.154. The van der Waals surface area contributed by atoms with Crippen LogP contribution >= 0.6 is 28.1 Å². The van der Waals surface area contributed by atoms with Gasteiger partial charge in [0.2, 0.25) is 0 Å². The third-order valence-electron chi connectivity index (χ3n) is 6.07. The Morgan fingerprint density at radius 3 is 2.52 bits per heavy atom. The van der Waals surface area contributed by atoms with E-state index in [0.717, 1.165) is 32.8 Å². The molecule has 4 nitrogen and oxygen atoms in total. The van der Waals surface area contributed by atoms with Gasteiger partial charge in [0.05, 0.1) is 23.5 Å². The summed E-state index contributed by atoms with van der Waals surface area (Å²) >= 11 is 9.32. The van der Waals surface area contributed by atoms with Crippen molar-refractivity contribution in [3.05, 3.63) is 112 Å². The molecule has 1 aliphatic heterocycles. The molecule has 4 aromatic rings. The van der Waals surface area contributed by atoms with Gasteiger partial charge in [-0.3, -0.25) is 4.98 Å². The number of aromatic nitrogens is 2. The number of rotatable bonds is 4. The number of aryl methyl sites for hydroxylation is 1. The minimum absolute atomic E-state index is 0.227. The lowest BCUT2D eigenvalue weighted by Gasteiger charge is -2.28. The van der Waals surface area contributed by atoms with Gasteiger partial charge in [0, 0.05) is 27.7 Å². The third kappa shape index (κ3) is 3.85. The summed E-state index contributed by atoms with van der Waals surface area (Å²) in [5.74, 6) is -0.311. The van der Waals surface area contributed by atoms with Crippen LogP contribution in [0.1, 0.15) is 34.7 Å². The topological polar surface area (TPSA) is 33.1 Å². The van der Waals surface area contributed by atoms with E-state index in [1.807, 2.05) is 41.3 Å². The number of thiocarbonyl (C=S) groups is 1. The zero-order valence-corrected chi connectivity index (χ0v) is 20.6.